The Balaban J connectivity index is 1.66. The molecular formula is C24H25F3N2O5. The van der Waals surface area contributed by atoms with Gasteiger partial charge in [0.25, 0.3) is 0 Å². The SMILES string of the molecule is CCN(C(=O)C(CNC(=O)OCC1c2ccccc2-c2ccccc21)C(F)(F)F)C(C)C(=O)O. The first-order chi connectivity index (χ1) is 16.1. The largest absolute Gasteiger partial charge is 0.480 e. The Kier molecular flexibility index (Phi) is 7.48. The first-order valence-corrected chi connectivity index (χ1v) is 10.7. The molecule has 0 heterocycles. The van der Waals surface area contributed by atoms with Gasteiger partial charge in [-0.3, -0.25) is 4.79 Å². The minimum absolute atomic E-state index is 0.0956. The normalized spacial score (nSPS) is 14.5. The Labute approximate surface area is 194 Å². The summed E-state index contributed by atoms with van der Waals surface area (Å²) in [6.45, 7) is 1.10. The van der Waals surface area contributed by atoms with Gasteiger partial charge < -0.3 is 20.1 Å². The van der Waals surface area contributed by atoms with Crippen LogP contribution in [-0.2, 0) is 14.3 Å². The second-order valence-electron chi connectivity index (χ2n) is 7.94. The van der Waals surface area contributed by atoms with E-state index in [-0.39, 0.29) is 19.1 Å². The summed E-state index contributed by atoms with van der Waals surface area (Å²) in [5, 5.41) is 11.1. The maximum atomic E-state index is 13.6. The Morgan fingerprint density at radius 2 is 1.59 bits per heavy atom. The van der Waals surface area contributed by atoms with E-state index in [1.165, 1.54) is 6.92 Å². The molecule has 10 heteroatoms. The molecule has 0 bridgehead atoms. The van der Waals surface area contributed by atoms with Crippen molar-refractivity contribution in [1.82, 2.24) is 10.2 Å². The molecule has 2 aromatic carbocycles. The van der Waals surface area contributed by atoms with Crippen LogP contribution in [0.4, 0.5) is 18.0 Å². The third kappa shape index (κ3) is 5.16. The number of nitrogens with zero attached hydrogens (tertiary/aromatic N) is 1. The lowest BCUT2D eigenvalue weighted by molar-refractivity contribution is -0.190. The highest BCUT2D eigenvalue weighted by atomic mass is 19.4. The highest BCUT2D eigenvalue weighted by Gasteiger charge is 2.47. The molecule has 2 aromatic rings. The van der Waals surface area contributed by atoms with E-state index in [0.717, 1.165) is 29.2 Å². The minimum Gasteiger partial charge on any atom is -0.480 e. The minimum atomic E-state index is -4.99. The van der Waals surface area contributed by atoms with Gasteiger partial charge in [-0.2, -0.15) is 13.2 Å². The van der Waals surface area contributed by atoms with Crippen molar-refractivity contribution in [1.29, 1.82) is 0 Å². The van der Waals surface area contributed by atoms with Crippen molar-refractivity contribution in [3.63, 3.8) is 0 Å². The highest BCUT2D eigenvalue weighted by molar-refractivity contribution is 5.86. The van der Waals surface area contributed by atoms with Gasteiger partial charge in [0.2, 0.25) is 5.91 Å². The molecule has 1 aliphatic carbocycles. The van der Waals surface area contributed by atoms with Gasteiger partial charge in [0.15, 0.2) is 5.92 Å². The van der Waals surface area contributed by atoms with Crippen molar-refractivity contribution in [3.05, 3.63) is 59.7 Å². The fourth-order valence-electron chi connectivity index (χ4n) is 4.13. The summed E-state index contributed by atoms with van der Waals surface area (Å²) in [7, 11) is 0. The van der Waals surface area contributed by atoms with Crippen LogP contribution in [-0.4, -0.2) is 59.9 Å². The van der Waals surface area contributed by atoms with Gasteiger partial charge in [0.05, 0.1) is 0 Å². The highest BCUT2D eigenvalue weighted by Crippen LogP contribution is 2.44. The number of carbonyl (C=O) groups is 3. The van der Waals surface area contributed by atoms with Gasteiger partial charge in [0, 0.05) is 19.0 Å². The Morgan fingerprint density at radius 1 is 1.06 bits per heavy atom. The van der Waals surface area contributed by atoms with E-state index in [2.05, 4.69) is 0 Å². The first kappa shape index (κ1) is 25.1. The second-order valence-corrected chi connectivity index (χ2v) is 7.94. The summed E-state index contributed by atoms with van der Waals surface area (Å²) in [5.41, 5.74) is 3.89. The Morgan fingerprint density at radius 3 is 2.06 bits per heavy atom. The summed E-state index contributed by atoms with van der Waals surface area (Å²) < 4.78 is 45.9. The summed E-state index contributed by atoms with van der Waals surface area (Å²) in [6.07, 6.45) is -6.09. The average molecular weight is 478 g/mol. The number of carboxylic acids is 1. The smallest absolute Gasteiger partial charge is 0.407 e. The van der Waals surface area contributed by atoms with Crippen LogP contribution in [0.15, 0.2) is 48.5 Å². The van der Waals surface area contributed by atoms with Crippen LogP contribution >= 0.6 is 0 Å². The lowest BCUT2D eigenvalue weighted by Crippen LogP contribution is -2.52. The number of hydrogen-bond donors (Lipinski definition) is 2. The zero-order valence-electron chi connectivity index (χ0n) is 18.6. The van der Waals surface area contributed by atoms with E-state index >= 15 is 0 Å². The number of aliphatic carboxylic acids is 1. The summed E-state index contributed by atoms with van der Waals surface area (Å²) >= 11 is 0. The number of alkyl carbamates (subject to hydrolysis) is 1. The van der Waals surface area contributed by atoms with Crippen LogP contribution in [0.2, 0.25) is 0 Å². The molecule has 2 unspecified atom stereocenters. The van der Waals surface area contributed by atoms with Gasteiger partial charge in [-0.05, 0) is 36.1 Å². The summed E-state index contributed by atoms with van der Waals surface area (Å²) in [5.74, 6) is -5.73. The molecule has 0 aromatic heterocycles. The fourth-order valence-corrected chi connectivity index (χ4v) is 4.13. The van der Waals surface area contributed by atoms with Crippen LogP contribution in [0.25, 0.3) is 11.1 Å². The molecule has 0 radical (unpaired) electrons. The first-order valence-electron chi connectivity index (χ1n) is 10.7. The maximum absolute atomic E-state index is 13.6. The fraction of sp³-hybridized carbons (Fsp3) is 0.375. The third-order valence-electron chi connectivity index (χ3n) is 5.94. The van der Waals surface area contributed by atoms with Gasteiger partial charge in [-0.1, -0.05) is 48.5 Å². The van der Waals surface area contributed by atoms with Crippen LogP contribution in [0.5, 0.6) is 0 Å². The van der Waals surface area contributed by atoms with Crippen molar-refractivity contribution in [2.75, 3.05) is 19.7 Å². The van der Waals surface area contributed by atoms with Crippen molar-refractivity contribution in [2.24, 2.45) is 5.92 Å². The summed E-state index contributed by atoms with van der Waals surface area (Å²) in [6, 6.07) is 13.8. The van der Waals surface area contributed by atoms with Gasteiger partial charge >= 0.3 is 18.2 Å². The van der Waals surface area contributed by atoms with Gasteiger partial charge in [-0.25, -0.2) is 9.59 Å². The number of fused-ring (bicyclic) bond motifs is 3. The molecule has 2 atom stereocenters. The summed E-state index contributed by atoms with van der Waals surface area (Å²) in [4.78, 5) is 36.5. The van der Waals surface area contributed by atoms with Gasteiger partial charge in [0.1, 0.15) is 12.6 Å². The van der Waals surface area contributed by atoms with E-state index in [4.69, 9.17) is 9.84 Å². The van der Waals surface area contributed by atoms with Crippen molar-refractivity contribution in [3.8, 4) is 11.1 Å². The number of halogens is 3. The van der Waals surface area contributed by atoms with E-state index < -0.39 is 42.7 Å². The molecule has 0 saturated heterocycles. The zero-order valence-corrected chi connectivity index (χ0v) is 18.6. The molecule has 0 saturated carbocycles. The number of alkyl halides is 3. The third-order valence-corrected chi connectivity index (χ3v) is 5.94. The van der Waals surface area contributed by atoms with Crippen molar-refractivity contribution in [2.45, 2.75) is 32.0 Å². The molecular weight excluding hydrogens is 453 g/mol. The number of carboxylic acid groups (broad SMARTS) is 1. The standard InChI is InChI=1S/C24H25F3N2O5/c1-3-29(14(2)22(31)32)21(30)20(24(25,26)27)12-28-23(33)34-13-19-17-10-6-4-8-15(17)16-9-5-7-11-18(16)19/h4-11,14,19-20H,3,12-13H2,1-2H3,(H,28,33)(H,31,32). The predicted molar refractivity (Wildman–Crippen MR) is 117 cm³/mol. The predicted octanol–water partition coefficient (Wildman–Crippen LogP) is 4.03. The van der Waals surface area contributed by atoms with Crippen molar-refractivity contribution < 1.29 is 37.4 Å². The number of amides is 2. The number of nitrogens with one attached hydrogen (secondary N) is 1. The molecule has 34 heavy (non-hydrogen) atoms. The molecule has 7 nitrogen and oxygen atoms in total. The average Bonchev–Trinajstić information content (AvgIpc) is 3.11. The van der Waals surface area contributed by atoms with E-state index in [9.17, 15) is 27.6 Å². The Hall–Kier alpha value is -3.56. The molecule has 0 spiro atoms. The number of hydrogen-bond acceptors (Lipinski definition) is 4. The Bertz CT molecular complexity index is 1030. The molecule has 182 valence electrons. The van der Waals surface area contributed by atoms with Gasteiger partial charge in [-0.15, -0.1) is 0 Å². The van der Waals surface area contributed by atoms with Crippen LogP contribution in [0, 0.1) is 5.92 Å². The van der Waals surface area contributed by atoms with Crippen molar-refractivity contribution >= 4 is 18.0 Å². The second kappa shape index (κ2) is 10.1. The molecule has 2 amide bonds. The molecule has 2 N–H and O–H groups in total. The van der Waals surface area contributed by atoms with Crippen LogP contribution < -0.4 is 5.32 Å². The lowest BCUT2D eigenvalue weighted by Gasteiger charge is -2.30. The van der Waals surface area contributed by atoms with Crippen LogP contribution in [0.3, 0.4) is 0 Å². The molecule has 0 aliphatic heterocycles. The van der Waals surface area contributed by atoms with E-state index in [1.54, 1.807) is 0 Å². The molecule has 0 fully saturated rings. The lowest BCUT2D eigenvalue weighted by atomic mass is 9.98. The van der Waals surface area contributed by atoms with Crippen LogP contribution in [0.1, 0.15) is 30.9 Å². The van der Waals surface area contributed by atoms with E-state index in [0.29, 0.717) is 4.90 Å². The quantitative estimate of drug-likeness (QED) is 0.598. The number of benzene rings is 2. The topological polar surface area (TPSA) is 95.9 Å². The van der Waals surface area contributed by atoms with E-state index in [1.807, 2.05) is 53.8 Å². The monoisotopic (exact) mass is 478 g/mol. The maximum Gasteiger partial charge on any atom is 0.407 e. The molecule has 3 rings (SSSR count). The number of ether oxygens (including phenoxy) is 1. The number of rotatable bonds is 8. The molecule has 1 aliphatic rings. The number of likely N-dealkylation sites (N-methyl/N-ethyl adjacent to an activating group) is 1. The number of carbonyl (C=O) groups excluding carboxylic acids is 2. The zero-order chi connectivity index (χ0) is 25.0.